The predicted octanol–water partition coefficient (Wildman–Crippen LogP) is 4.71. The number of aryl methyl sites for hydroxylation is 1. The van der Waals surface area contributed by atoms with Gasteiger partial charge in [0.1, 0.15) is 5.75 Å². The summed E-state index contributed by atoms with van der Waals surface area (Å²) in [6.45, 7) is 3.27. The van der Waals surface area contributed by atoms with Crippen LogP contribution in [-0.2, 0) is 0 Å². The number of rotatable bonds is 5. The van der Waals surface area contributed by atoms with Gasteiger partial charge in [0.25, 0.3) is 11.8 Å². The molecule has 4 rings (SSSR count). The highest BCUT2D eigenvalue weighted by molar-refractivity contribution is 5.95. The summed E-state index contributed by atoms with van der Waals surface area (Å²) in [6.07, 6.45) is 1.51. The summed E-state index contributed by atoms with van der Waals surface area (Å²) in [5.41, 5.74) is 4.57. The molecule has 0 atom stereocenters. The van der Waals surface area contributed by atoms with Crippen molar-refractivity contribution in [3.05, 3.63) is 89.5 Å². The van der Waals surface area contributed by atoms with E-state index in [9.17, 15) is 9.59 Å². The van der Waals surface area contributed by atoms with E-state index in [-0.39, 0.29) is 17.9 Å². The largest absolute Gasteiger partial charge is 0.497 e. The number of amides is 2. The molecule has 1 aliphatic rings. The Morgan fingerprint density at radius 1 is 0.875 bits per heavy atom. The molecule has 0 unspecified atom stereocenters. The summed E-state index contributed by atoms with van der Waals surface area (Å²) in [5, 5.41) is 3.10. The number of carbonyl (C=O) groups excluding carboxylic acids is 2. The van der Waals surface area contributed by atoms with Gasteiger partial charge in [0, 0.05) is 30.3 Å². The summed E-state index contributed by atoms with van der Waals surface area (Å²) in [7, 11) is 1.65. The van der Waals surface area contributed by atoms with E-state index < -0.39 is 0 Å². The summed E-state index contributed by atoms with van der Waals surface area (Å²) in [4.78, 5) is 27.3. The van der Waals surface area contributed by atoms with Gasteiger partial charge in [-0.1, -0.05) is 42.0 Å². The number of carbonyl (C=O) groups is 2. The minimum Gasteiger partial charge on any atom is -0.497 e. The first kappa shape index (κ1) is 21.6. The molecule has 0 saturated carbocycles. The van der Waals surface area contributed by atoms with Gasteiger partial charge in [0.2, 0.25) is 0 Å². The summed E-state index contributed by atoms with van der Waals surface area (Å²) in [5.74, 6) is 0.786. The molecule has 0 radical (unpaired) electrons. The zero-order chi connectivity index (χ0) is 22.5. The third-order valence-electron chi connectivity index (χ3n) is 5.97. The monoisotopic (exact) mass is 428 g/mol. The van der Waals surface area contributed by atoms with E-state index in [1.165, 1.54) is 0 Å². The number of methoxy groups -OCH3 is 1. The average molecular weight is 429 g/mol. The van der Waals surface area contributed by atoms with Crippen molar-refractivity contribution in [2.75, 3.05) is 20.2 Å². The van der Waals surface area contributed by atoms with Gasteiger partial charge in [-0.25, -0.2) is 0 Å². The predicted molar refractivity (Wildman–Crippen MR) is 126 cm³/mol. The number of piperidine rings is 1. The number of nitrogens with one attached hydrogen (secondary N) is 1. The molecule has 1 heterocycles. The van der Waals surface area contributed by atoms with Crippen LogP contribution in [0.25, 0.3) is 11.1 Å². The molecule has 0 aliphatic carbocycles. The number of likely N-dealkylation sites (tertiary alicyclic amines) is 1. The first-order valence-corrected chi connectivity index (χ1v) is 10.9. The van der Waals surface area contributed by atoms with Crippen molar-refractivity contribution < 1.29 is 14.3 Å². The van der Waals surface area contributed by atoms with E-state index in [1.54, 1.807) is 7.11 Å². The number of benzene rings is 3. The second-order valence-electron chi connectivity index (χ2n) is 8.22. The fourth-order valence-electron chi connectivity index (χ4n) is 3.99. The lowest BCUT2D eigenvalue weighted by molar-refractivity contribution is 0.0698. The fourth-order valence-corrected chi connectivity index (χ4v) is 3.99. The van der Waals surface area contributed by atoms with E-state index in [2.05, 4.69) is 5.32 Å². The number of nitrogens with zero attached hydrogens (tertiary/aromatic N) is 1. The van der Waals surface area contributed by atoms with Crippen molar-refractivity contribution in [2.45, 2.75) is 25.8 Å². The minimum atomic E-state index is -0.0529. The molecule has 1 saturated heterocycles. The molecular weight excluding hydrogens is 400 g/mol. The Morgan fingerprint density at radius 3 is 2.19 bits per heavy atom. The zero-order valence-corrected chi connectivity index (χ0v) is 18.5. The van der Waals surface area contributed by atoms with Crippen LogP contribution in [0.1, 0.15) is 39.1 Å². The third kappa shape index (κ3) is 4.99. The molecule has 3 aromatic carbocycles. The van der Waals surface area contributed by atoms with Gasteiger partial charge in [0.05, 0.1) is 7.11 Å². The molecule has 2 amide bonds. The van der Waals surface area contributed by atoms with Gasteiger partial charge in [0.15, 0.2) is 0 Å². The highest BCUT2D eigenvalue weighted by atomic mass is 16.5. The lowest BCUT2D eigenvalue weighted by atomic mass is 10.0. The quantitative estimate of drug-likeness (QED) is 0.641. The van der Waals surface area contributed by atoms with Crippen LogP contribution in [0.4, 0.5) is 0 Å². The number of hydrogen-bond acceptors (Lipinski definition) is 3. The maximum Gasteiger partial charge on any atom is 0.253 e. The SMILES string of the molecule is COc1cccc(-c2ccc(C(=O)N3CCC(NC(=O)c4ccc(C)cc4)CC3)cc2)c1. The first-order chi connectivity index (χ1) is 15.5. The van der Waals surface area contributed by atoms with Crippen molar-refractivity contribution in [2.24, 2.45) is 0 Å². The highest BCUT2D eigenvalue weighted by Gasteiger charge is 2.25. The normalized spacial score (nSPS) is 14.1. The smallest absolute Gasteiger partial charge is 0.253 e. The Bertz CT molecular complexity index is 1080. The Labute approximate surface area is 189 Å². The van der Waals surface area contributed by atoms with Gasteiger partial charge in [-0.2, -0.15) is 0 Å². The first-order valence-electron chi connectivity index (χ1n) is 10.9. The number of ether oxygens (including phenoxy) is 1. The molecular formula is C27H28N2O3. The van der Waals surface area contributed by atoms with Crippen molar-refractivity contribution in [1.82, 2.24) is 10.2 Å². The van der Waals surface area contributed by atoms with Gasteiger partial charge in [-0.15, -0.1) is 0 Å². The lowest BCUT2D eigenvalue weighted by Crippen LogP contribution is -2.46. The van der Waals surface area contributed by atoms with Crippen molar-refractivity contribution in [3.63, 3.8) is 0 Å². The van der Waals surface area contributed by atoms with Crippen LogP contribution >= 0.6 is 0 Å². The van der Waals surface area contributed by atoms with Crippen molar-refractivity contribution in [3.8, 4) is 16.9 Å². The molecule has 164 valence electrons. The van der Waals surface area contributed by atoms with Crippen molar-refractivity contribution in [1.29, 1.82) is 0 Å². The van der Waals surface area contributed by atoms with Gasteiger partial charge >= 0.3 is 0 Å². The molecule has 0 aromatic heterocycles. The molecule has 5 heteroatoms. The van der Waals surface area contributed by atoms with Crippen LogP contribution in [0.5, 0.6) is 5.75 Å². The van der Waals surface area contributed by atoms with Crippen LogP contribution in [-0.4, -0.2) is 43.0 Å². The van der Waals surface area contributed by atoms with Gasteiger partial charge < -0.3 is 15.0 Å². The van der Waals surface area contributed by atoms with Crippen LogP contribution in [0.3, 0.4) is 0 Å². The Kier molecular flexibility index (Phi) is 6.55. The average Bonchev–Trinajstić information content (AvgIpc) is 2.84. The molecule has 1 aliphatic heterocycles. The minimum absolute atomic E-state index is 0.0329. The maximum atomic E-state index is 12.9. The molecule has 3 aromatic rings. The van der Waals surface area contributed by atoms with E-state index in [4.69, 9.17) is 4.74 Å². The zero-order valence-electron chi connectivity index (χ0n) is 18.5. The van der Waals surface area contributed by atoms with Gasteiger partial charge in [-0.05, 0) is 67.3 Å². The van der Waals surface area contributed by atoms with Crippen LogP contribution in [0.2, 0.25) is 0 Å². The topological polar surface area (TPSA) is 58.6 Å². The van der Waals surface area contributed by atoms with E-state index in [0.29, 0.717) is 24.2 Å². The molecule has 0 spiro atoms. The Balaban J connectivity index is 1.33. The van der Waals surface area contributed by atoms with Crippen LogP contribution < -0.4 is 10.1 Å². The summed E-state index contributed by atoms with van der Waals surface area (Å²) in [6, 6.07) is 23.2. The second-order valence-corrected chi connectivity index (χ2v) is 8.22. The van der Waals surface area contributed by atoms with E-state index >= 15 is 0 Å². The number of hydrogen-bond donors (Lipinski definition) is 1. The standard InChI is InChI=1S/C27H28N2O3/c1-19-6-8-21(9-7-19)26(30)28-24-14-16-29(17-15-24)27(31)22-12-10-20(11-13-22)23-4-3-5-25(18-23)32-2/h3-13,18,24H,14-17H2,1-2H3,(H,28,30). The molecule has 0 bridgehead atoms. The molecule has 5 nitrogen and oxygen atoms in total. The molecule has 1 N–H and O–H groups in total. The maximum absolute atomic E-state index is 12.9. The third-order valence-corrected chi connectivity index (χ3v) is 5.97. The molecule has 1 fully saturated rings. The van der Waals surface area contributed by atoms with E-state index in [0.717, 1.165) is 35.3 Å². The Morgan fingerprint density at radius 2 is 1.53 bits per heavy atom. The van der Waals surface area contributed by atoms with Crippen LogP contribution in [0.15, 0.2) is 72.8 Å². The van der Waals surface area contributed by atoms with Crippen molar-refractivity contribution >= 4 is 11.8 Å². The summed E-state index contributed by atoms with van der Waals surface area (Å²) >= 11 is 0. The second kappa shape index (κ2) is 9.69. The van der Waals surface area contributed by atoms with Crippen LogP contribution in [0, 0.1) is 6.92 Å². The molecule has 32 heavy (non-hydrogen) atoms. The van der Waals surface area contributed by atoms with E-state index in [1.807, 2.05) is 84.6 Å². The lowest BCUT2D eigenvalue weighted by Gasteiger charge is -2.32. The summed E-state index contributed by atoms with van der Waals surface area (Å²) < 4.78 is 5.29. The Hall–Kier alpha value is -3.60. The highest BCUT2D eigenvalue weighted by Crippen LogP contribution is 2.24. The fraction of sp³-hybridized carbons (Fsp3) is 0.259. The van der Waals surface area contributed by atoms with Gasteiger partial charge in [-0.3, -0.25) is 9.59 Å².